The zero-order valence-corrected chi connectivity index (χ0v) is 11.9. The fourth-order valence-corrected chi connectivity index (χ4v) is 2.06. The Morgan fingerprint density at radius 2 is 1.95 bits per heavy atom. The molecule has 0 radical (unpaired) electrons. The van der Waals surface area contributed by atoms with Gasteiger partial charge in [0, 0.05) is 22.9 Å². The maximum atomic E-state index is 12.2. The molecule has 0 aliphatic carbocycles. The summed E-state index contributed by atoms with van der Waals surface area (Å²) in [5, 5.41) is 22.2. The fourth-order valence-electron chi connectivity index (χ4n) is 2.06. The van der Waals surface area contributed by atoms with Crippen LogP contribution in [0, 0.1) is 28.4 Å². The Kier molecular flexibility index (Phi) is 4.49. The Morgan fingerprint density at radius 1 is 1.27 bits per heavy atom. The summed E-state index contributed by atoms with van der Waals surface area (Å²) in [6, 6.07) is 13.3. The number of rotatable bonds is 4. The molecule has 0 saturated heterocycles. The Balaban J connectivity index is 2.21. The summed E-state index contributed by atoms with van der Waals surface area (Å²) in [5.41, 5.74) is 1.92. The first-order valence-electron chi connectivity index (χ1n) is 6.54. The number of amides is 1. The van der Waals surface area contributed by atoms with E-state index in [1.165, 1.54) is 12.1 Å². The van der Waals surface area contributed by atoms with Crippen LogP contribution < -0.4 is 5.32 Å². The van der Waals surface area contributed by atoms with Crippen molar-refractivity contribution in [3.05, 3.63) is 69.3 Å². The third-order valence-electron chi connectivity index (χ3n) is 3.24. The van der Waals surface area contributed by atoms with Crippen LogP contribution in [0.15, 0.2) is 42.5 Å². The normalized spacial score (nSPS) is 9.82. The number of nitrogens with one attached hydrogen (secondary N) is 1. The fraction of sp³-hybridized carbons (Fsp3) is 0.125. The summed E-state index contributed by atoms with van der Waals surface area (Å²) < 4.78 is 0. The van der Waals surface area contributed by atoms with Gasteiger partial charge in [0.05, 0.1) is 17.4 Å². The first-order chi connectivity index (χ1) is 10.5. The highest BCUT2D eigenvalue weighted by atomic mass is 16.6. The quantitative estimate of drug-likeness (QED) is 0.691. The van der Waals surface area contributed by atoms with Crippen LogP contribution in [0.1, 0.15) is 21.5 Å². The molecule has 0 atom stereocenters. The maximum absolute atomic E-state index is 12.2. The van der Waals surface area contributed by atoms with Crippen molar-refractivity contribution in [1.82, 2.24) is 0 Å². The molecule has 0 bridgehead atoms. The van der Waals surface area contributed by atoms with E-state index in [0.717, 1.165) is 5.56 Å². The summed E-state index contributed by atoms with van der Waals surface area (Å²) in [6.45, 7) is 1.54. The highest BCUT2D eigenvalue weighted by molar-refractivity contribution is 6.05. The van der Waals surface area contributed by atoms with Crippen LogP contribution in [0.4, 0.5) is 11.4 Å². The number of carbonyl (C=O) groups is 1. The van der Waals surface area contributed by atoms with Crippen molar-refractivity contribution in [2.24, 2.45) is 0 Å². The second-order valence-corrected chi connectivity index (χ2v) is 4.69. The second kappa shape index (κ2) is 6.50. The van der Waals surface area contributed by atoms with Gasteiger partial charge in [-0.3, -0.25) is 14.9 Å². The molecule has 1 N–H and O–H groups in total. The standard InChI is InChI=1S/C16H13N3O3/c1-11-14(3-2-4-15(11)19(21)22)16(20)18-13-7-5-12(6-8-13)9-10-17/h2-8H,9H2,1H3,(H,18,20). The van der Waals surface area contributed by atoms with Crippen molar-refractivity contribution >= 4 is 17.3 Å². The van der Waals surface area contributed by atoms with Gasteiger partial charge in [0.25, 0.3) is 11.6 Å². The predicted molar refractivity (Wildman–Crippen MR) is 81.5 cm³/mol. The minimum absolute atomic E-state index is 0.0861. The molecule has 2 aromatic carbocycles. The van der Waals surface area contributed by atoms with Gasteiger partial charge in [-0.05, 0) is 30.7 Å². The summed E-state index contributed by atoms with van der Waals surface area (Å²) >= 11 is 0. The molecule has 0 aliphatic rings. The third-order valence-corrected chi connectivity index (χ3v) is 3.24. The number of hydrogen-bond donors (Lipinski definition) is 1. The summed E-state index contributed by atoms with van der Waals surface area (Å²) in [6.07, 6.45) is 0.304. The van der Waals surface area contributed by atoms with E-state index in [0.29, 0.717) is 17.7 Å². The molecule has 0 fully saturated rings. The largest absolute Gasteiger partial charge is 0.322 e. The van der Waals surface area contributed by atoms with Crippen molar-refractivity contribution in [3.8, 4) is 6.07 Å². The lowest BCUT2D eigenvalue weighted by Gasteiger charge is -2.08. The smallest absolute Gasteiger partial charge is 0.273 e. The van der Waals surface area contributed by atoms with E-state index in [2.05, 4.69) is 5.32 Å². The van der Waals surface area contributed by atoms with E-state index in [4.69, 9.17) is 5.26 Å². The molecule has 0 heterocycles. The minimum atomic E-state index is -0.511. The van der Waals surface area contributed by atoms with Crippen LogP contribution in [-0.2, 0) is 6.42 Å². The molecule has 0 unspecified atom stereocenters. The number of nitro groups is 1. The summed E-state index contributed by atoms with van der Waals surface area (Å²) in [7, 11) is 0. The SMILES string of the molecule is Cc1c(C(=O)Nc2ccc(CC#N)cc2)cccc1[N+](=O)[O-]. The minimum Gasteiger partial charge on any atom is -0.322 e. The molecule has 22 heavy (non-hydrogen) atoms. The molecule has 0 aliphatic heterocycles. The second-order valence-electron chi connectivity index (χ2n) is 4.69. The molecule has 110 valence electrons. The van der Waals surface area contributed by atoms with Crippen molar-refractivity contribution in [2.45, 2.75) is 13.3 Å². The zero-order valence-electron chi connectivity index (χ0n) is 11.9. The third kappa shape index (κ3) is 3.27. The van der Waals surface area contributed by atoms with Gasteiger partial charge < -0.3 is 5.32 Å². The monoisotopic (exact) mass is 295 g/mol. The van der Waals surface area contributed by atoms with Gasteiger partial charge >= 0.3 is 0 Å². The summed E-state index contributed by atoms with van der Waals surface area (Å²) in [4.78, 5) is 22.6. The van der Waals surface area contributed by atoms with Crippen molar-refractivity contribution in [1.29, 1.82) is 5.26 Å². The molecule has 2 rings (SSSR count). The molecule has 0 aromatic heterocycles. The van der Waals surface area contributed by atoms with Crippen molar-refractivity contribution in [2.75, 3.05) is 5.32 Å². The lowest BCUT2D eigenvalue weighted by atomic mass is 10.1. The molecular formula is C16H13N3O3. The number of hydrogen-bond acceptors (Lipinski definition) is 4. The average Bonchev–Trinajstić information content (AvgIpc) is 2.49. The van der Waals surface area contributed by atoms with Gasteiger partial charge in [-0.1, -0.05) is 18.2 Å². The summed E-state index contributed by atoms with van der Waals surface area (Å²) in [5.74, 6) is -0.408. The van der Waals surface area contributed by atoms with Crippen LogP contribution in [0.3, 0.4) is 0 Å². The molecule has 1 amide bonds. The van der Waals surface area contributed by atoms with E-state index < -0.39 is 10.8 Å². The van der Waals surface area contributed by atoms with Crippen LogP contribution in [0.25, 0.3) is 0 Å². The Labute approximate surface area is 127 Å². The Hall–Kier alpha value is -3.20. The maximum Gasteiger partial charge on any atom is 0.273 e. The first kappa shape index (κ1) is 15.2. The predicted octanol–water partition coefficient (Wildman–Crippen LogP) is 3.22. The first-order valence-corrected chi connectivity index (χ1v) is 6.54. The van der Waals surface area contributed by atoms with Crippen LogP contribution in [0.5, 0.6) is 0 Å². The number of carbonyl (C=O) groups excluding carboxylic acids is 1. The Morgan fingerprint density at radius 3 is 2.55 bits per heavy atom. The average molecular weight is 295 g/mol. The molecule has 0 saturated carbocycles. The lowest BCUT2D eigenvalue weighted by molar-refractivity contribution is -0.385. The van der Waals surface area contributed by atoms with Crippen molar-refractivity contribution in [3.63, 3.8) is 0 Å². The van der Waals surface area contributed by atoms with Gasteiger partial charge in [0.1, 0.15) is 0 Å². The number of nitrogens with zero attached hydrogens (tertiary/aromatic N) is 2. The van der Waals surface area contributed by atoms with Crippen LogP contribution in [0.2, 0.25) is 0 Å². The lowest BCUT2D eigenvalue weighted by Crippen LogP contribution is -2.14. The number of anilines is 1. The van der Waals surface area contributed by atoms with Crippen molar-refractivity contribution < 1.29 is 9.72 Å². The molecule has 0 spiro atoms. The van der Waals surface area contributed by atoms with Crippen LogP contribution in [-0.4, -0.2) is 10.8 Å². The van der Waals surface area contributed by atoms with E-state index >= 15 is 0 Å². The van der Waals surface area contributed by atoms with E-state index in [1.807, 2.05) is 6.07 Å². The number of nitro benzene ring substituents is 1. The highest BCUT2D eigenvalue weighted by Crippen LogP contribution is 2.22. The molecule has 2 aromatic rings. The van der Waals surface area contributed by atoms with Gasteiger partial charge in [0.15, 0.2) is 0 Å². The van der Waals surface area contributed by atoms with E-state index in [-0.39, 0.29) is 11.3 Å². The Bertz CT molecular complexity index is 761. The molecule has 6 nitrogen and oxygen atoms in total. The topological polar surface area (TPSA) is 96.0 Å². The number of benzene rings is 2. The van der Waals surface area contributed by atoms with E-state index in [1.54, 1.807) is 37.3 Å². The van der Waals surface area contributed by atoms with Crippen LogP contribution >= 0.6 is 0 Å². The van der Waals surface area contributed by atoms with Gasteiger partial charge in [0.2, 0.25) is 0 Å². The van der Waals surface area contributed by atoms with Gasteiger partial charge in [-0.25, -0.2) is 0 Å². The zero-order chi connectivity index (χ0) is 16.1. The van der Waals surface area contributed by atoms with E-state index in [9.17, 15) is 14.9 Å². The van der Waals surface area contributed by atoms with Gasteiger partial charge in [-0.15, -0.1) is 0 Å². The number of nitriles is 1. The highest BCUT2D eigenvalue weighted by Gasteiger charge is 2.17. The van der Waals surface area contributed by atoms with Gasteiger partial charge in [-0.2, -0.15) is 5.26 Å². The molecular weight excluding hydrogens is 282 g/mol. The molecule has 6 heteroatoms.